The molecular formula is C28H25N3O5S. The molecule has 0 radical (unpaired) electrons. The first-order valence-corrected chi connectivity index (χ1v) is 12.8. The van der Waals surface area contributed by atoms with Gasteiger partial charge in [-0.25, -0.2) is 9.79 Å². The highest BCUT2D eigenvalue weighted by Crippen LogP contribution is 2.45. The summed E-state index contributed by atoms with van der Waals surface area (Å²) in [4.78, 5) is 30.5. The molecule has 1 N–H and O–H groups in total. The summed E-state index contributed by atoms with van der Waals surface area (Å²) in [6.45, 7) is 4.88. The molecule has 0 fully saturated rings. The van der Waals surface area contributed by atoms with E-state index >= 15 is 0 Å². The Balaban J connectivity index is 1.51. The van der Waals surface area contributed by atoms with Gasteiger partial charge in [0.25, 0.3) is 5.69 Å². The molecule has 3 aliphatic rings. The van der Waals surface area contributed by atoms with Crippen LogP contribution in [0.25, 0.3) is 6.08 Å². The van der Waals surface area contributed by atoms with E-state index in [0.29, 0.717) is 10.6 Å². The molecule has 0 saturated carbocycles. The summed E-state index contributed by atoms with van der Waals surface area (Å²) in [6.07, 6.45) is 10.4. The van der Waals surface area contributed by atoms with Gasteiger partial charge in [-0.3, -0.25) is 10.1 Å². The fourth-order valence-electron chi connectivity index (χ4n) is 4.82. The number of carbonyl (C=O) groups excluding carboxylic acids is 1. The molecule has 2 aliphatic heterocycles. The molecule has 5 rings (SSSR count). The lowest BCUT2D eigenvalue weighted by molar-refractivity contribution is -0.384. The SMILES string of the molecule is CCOC(=O)C1=C(O)C(=Cc2ccc3c(c2)C2C=CC=CC2N3CC)SC1=Nc1ccc([N+](=O)[O-])cc1. The Morgan fingerprint density at radius 1 is 1.19 bits per heavy atom. The van der Waals surface area contributed by atoms with Gasteiger partial charge in [0.15, 0.2) is 0 Å². The number of benzene rings is 2. The number of nitro groups is 1. The van der Waals surface area contributed by atoms with Gasteiger partial charge in [0.1, 0.15) is 16.4 Å². The van der Waals surface area contributed by atoms with E-state index in [4.69, 9.17) is 4.74 Å². The molecule has 0 spiro atoms. The van der Waals surface area contributed by atoms with Gasteiger partial charge in [-0.2, -0.15) is 0 Å². The molecular weight excluding hydrogens is 490 g/mol. The Labute approximate surface area is 218 Å². The number of likely N-dealkylation sites (N-methyl/N-ethyl adjacent to an activating group) is 1. The van der Waals surface area contributed by atoms with Crippen molar-refractivity contribution < 1.29 is 19.6 Å². The van der Waals surface area contributed by atoms with Crippen molar-refractivity contribution in [1.82, 2.24) is 0 Å². The van der Waals surface area contributed by atoms with E-state index in [9.17, 15) is 20.0 Å². The minimum atomic E-state index is -0.675. The molecule has 0 bridgehead atoms. The van der Waals surface area contributed by atoms with Crippen molar-refractivity contribution in [3.63, 3.8) is 0 Å². The lowest BCUT2D eigenvalue weighted by Crippen LogP contribution is -2.32. The topological polar surface area (TPSA) is 105 Å². The molecule has 0 amide bonds. The van der Waals surface area contributed by atoms with Crippen LogP contribution in [0.2, 0.25) is 0 Å². The quantitative estimate of drug-likeness (QED) is 0.277. The van der Waals surface area contributed by atoms with Gasteiger partial charge >= 0.3 is 5.97 Å². The molecule has 2 aromatic rings. The third-order valence-corrected chi connectivity index (χ3v) is 7.51. The van der Waals surface area contributed by atoms with Crippen molar-refractivity contribution in [3.05, 3.63) is 104 Å². The van der Waals surface area contributed by atoms with Crippen LogP contribution in [0, 0.1) is 10.1 Å². The monoisotopic (exact) mass is 515 g/mol. The van der Waals surface area contributed by atoms with Crippen LogP contribution in [-0.4, -0.2) is 40.2 Å². The zero-order chi connectivity index (χ0) is 26.1. The standard InChI is InChI=1S/C28H25N3O5S/c1-3-30-22-8-6-5-7-20(22)21-15-17(9-14-23(21)30)16-24-26(32)25(28(33)36-4-2)27(37-24)29-18-10-12-19(13-11-18)31(34)35/h5-16,20,22,32H,3-4H2,1-2H3. The van der Waals surface area contributed by atoms with Crippen LogP contribution < -0.4 is 4.90 Å². The summed E-state index contributed by atoms with van der Waals surface area (Å²) in [5.74, 6) is -0.614. The number of aliphatic hydroxyl groups is 1. The Hall–Kier alpha value is -4.11. The number of nitrogens with zero attached hydrogens (tertiary/aromatic N) is 3. The summed E-state index contributed by atoms with van der Waals surface area (Å²) in [5.41, 5.74) is 3.66. The molecule has 2 atom stereocenters. The number of aliphatic hydroxyl groups excluding tert-OH is 1. The lowest BCUT2D eigenvalue weighted by Gasteiger charge is -2.27. The highest BCUT2D eigenvalue weighted by Gasteiger charge is 2.36. The average molecular weight is 516 g/mol. The maximum atomic E-state index is 12.7. The van der Waals surface area contributed by atoms with Crippen molar-refractivity contribution in [1.29, 1.82) is 0 Å². The number of thioether (sulfide) groups is 1. The predicted molar refractivity (Wildman–Crippen MR) is 146 cm³/mol. The fraction of sp³-hybridized carbons (Fsp3) is 0.214. The number of nitro benzene ring substituents is 1. The van der Waals surface area contributed by atoms with Crippen LogP contribution in [0.15, 0.2) is 88.0 Å². The second-order valence-corrected chi connectivity index (χ2v) is 9.67. The van der Waals surface area contributed by atoms with Crippen molar-refractivity contribution in [2.24, 2.45) is 4.99 Å². The zero-order valence-corrected chi connectivity index (χ0v) is 21.1. The van der Waals surface area contributed by atoms with Gasteiger partial charge in [-0.05, 0) is 55.3 Å². The summed E-state index contributed by atoms with van der Waals surface area (Å²) in [6, 6.07) is 12.2. The second-order valence-electron chi connectivity index (χ2n) is 8.64. The predicted octanol–water partition coefficient (Wildman–Crippen LogP) is 6.21. The highest BCUT2D eigenvalue weighted by atomic mass is 32.2. The summed E-state index contributed by atoms with van der Waals surface area (Å²) in [7, 11) is 0. The highest BCUT2D eigenvalue weighted by molar-refractivity contribution is 8.18. The molecule has 2 unspecified atom stereocenters. The molecule has 0 saturated heterocycles. The largest absolute Gasteiger partial charge is 0.506 e. The van der Waals surface area contributed by atoms with E-state index in [1.54, 1.807) is 6.92 Å². The van der Waals surface area contributed by atoms with E-state index in [1.807, 2.05) is 12.1 Å². The number of non-ortho nitro benzene ring substituents is 1. The second kappa shape index (κ2) is 10.1. The number of carbonyl (C=O) groups is 1. The minimum absolute atomic E-state index is 0.0183. The van der Waals surface area contributed by atoms with Gasteiger partial charge < -0.3 is 14.7 Å². The number of esters is 1. The van der Waals surface area contributed by atoms with E-state index in [2.05, 4.69) is 53.3 Å². The molecule has 2 aromatic carbocycles. The van der Waals surface area contributed by atoms with Crippen molar-refractivity contribution in [2.45, 2.75) is 25.8 Å². The first kappa shape index (κ1) is 24.6. The molecule has 188 valence electrons. The van der Waals surface area contributed by atoms with Crippen LogP contribution in [-0.2, 0) is 9.53 Å². The van der Waals surface area contributed by atoms with Gasteiger partial charge in [-0.15, -0.1) is 0 Å². The van der Waals surface area contributed by atoms with Crippen LogP contribution in [0.1, 0.15) is 30.9 Å². The van der Waals surface area contributed by atoms with E-state index in [0.717, 1.165) is 23.9 Å². The smallest absolute Gasteiger partial charge is 0.344 e. The zero-order valence-electron chi connectivity index (χ0n) is 20.3. The number of hydrogen-bond acceptors (Lipinski definition) is 8. The molecule has 1 aliphatic carbocycles. The van der Waals surface area contributed by atoms with Crippen molar-refractivity contribution in [3.8, 4) is 0 Å². The average Bonchev–Trinajstić information content (AvgIpc) is 3.37. The number of hydrogen-bond donors (Lipinski definition) is 1. The number of anilines is 1. The van der Waals surface area contributed by atoms with Crippen LogP contribution in [0.4, 0.5) is 17.1 Å². The molecule has 0 aromatic heterocycles. The maximum absolute atomic E-state index is 12.7. The Bertz CT molecular complexity index is 1420. The number of ether oxygens (including phenoxy) is 1. The van der Waals surface area contributed by atoms with E-state index in [1.165, 1.54) is 35.5 Å². The van der Waals surface area contributed by atoms with E-state index < -0.39 is 10.9 Å². The number of rotatable bonds is 6. The molecule has 37 heavy (non-hydrogen) atoms. The Kier molecular flexibility index (Phi) is 6.71. The first-order chi connectivity index (χ1) is 17.9. The van der Waals surface area contributed by atoms with Crippen LogP contribution in [0.3, 0.4) is 0 Å². The van der Waals surface area contributed by atoms with Crippen molar-refractivity contribution in [2.75, 3.05) is 18.1 Å². The van der Waals surface area contributed by atoms with Gasteiger partial charge in [-0.1, -0.05) is 42.1 Å². The van der Waals surface area contributed by atoms with Crippen LogP contribution in [0.5, 0.6) is 0 Å². The number of fused-ring (bicyclic) bond motifs is 3. The Morgan fingerprint density at radius 3 is 2.65 bits per heavy atom. The first-order valence-electron chi connectivity index (χ1n) is 12.0. The van der Waals surface area contributed by atoms with Gasteiger partial charge in [0.05, 0.1) is 28.2 Å². The normalized spacial score (nSPS) is 22.1. The fourth-order valence-corrected chi connectivity index (χ4v) is 5.86. The minimum Gasteiger partial charge on any atom is -0.506 e. The van der Waals surface area contributed by atoms with Gasteiger partial charge in [0, 0.05) is 30.3 Å². The molecule has 2 heterocycles. The van der Waals surface area contributed by atoms with Crippen LogP contribution >= 0.6 is 11.8 Å². The summed E-state index contributed by atoms with van der Waals surface area (Å²) < 4.78 is 5.17. The van der Waals surface area contributed by atoms with Crippen molar-refractivity contribution >= 4 is 45.9 Å². The number of aliphatic imine (C=N–C) groups is 1. The van der Waals surface area contributed by atoms with E-state index in [-0.39, 0.29) is 40.6 Å². The molecule has 9 heteroatoms. The summed E-state index contributed by atoms with van der Waals surface area (Å²) >= 11 is 1.16. The molecule has 8 nitrogen and oxygen atoms in total. The third kappa shape index (κ3) is 4.58. The lowest BCUT2D eigenvalue weighted by atomic mass is 9.90. The Morgan fingerprint density at radius 2 is 1.95 bits per heavy atom. The summed E-state index contributed by atoms with van der Waals surface area (Å²) in [5, 5.41) is 22.3. The third-order valence-electron chi connectivity index (χ3n) is 6.49. The maximum Gasteiger partial charge on any atom is 0.344 e. The number of allylic oxidation sites excluding steroid dienone is 2. The van der Waals surface area contributed by atoms with Gasteiger partial charge in [0.2, 0.25) is 0 Å².